The Morgan fingerprint density at radius 1 is 1.00 bits per heavy atom. The third kappa shape index (κ3) is 396. The zero-order valence-corrected chi connectivity index (χ0v) is 8.39. The fourth-order valence-electron chi connectivity index (χ4n) is 0. The second-order valence-corrected chi connectivity index (χ2v) is 2.20. The van der Waals surface area contributed by atoms with Gasteiger partial charge in [-0.05, 0) is 0 Å². The van der Waals surface area contributed by atoms with Crippen molar-refractivity contribution >= 4 is 59.7 Å². The van der Waals surface area contributed by atoms with Crippen LogP contribution in [0.4, 0.5) is 0 Å². The highest BCUT2D eigenvalue weighted by atomic mass is 35.5. The molecule has 9 heavy (non-hydrogen) atoms. The molecule has 3 nitrogen and oxygen atoms in total. The molecule has 0 saturated heterocycles. The highest BCUT2D eigenvalue weighted by molar-refractivity contribution is 7.85. The Kier molecular flexibility index (Phi) is 42.3. The van der Waals surface area contributed by atoms with E-state index in [1.807, 2.05) is 0 Å². The van der Waals surface area contributed by atoms with Gasteiger partial charge in [0.05, 0.1) is 6.26 Å². The third-order valence-electron chi connectivity index (χ3n) is 0. The van der Waals surface area contributed by atoms with E-state index in [1.165, 1.54) is 0 Å². The molecule has 0 aliphatic heterocycles. The van der Waals surface area contributed by atoms with Crippen LogP contribution in [0.25, 0.3) is 0 Å². The lowest BCUT2D eigenvalue weighted by Gasteiger charge is -1.69. The van der Waals surface area contributed by atoms with Crippen molar-refractivity contribution in [1.29, 1.82) is 0 Å². The van der Waals surface area contributed by atoms with E-state index in [0.29, 0.717) is 6.26 Å². The molecule has 0 aromatic carbocycles. The van der Waals surface area contributed by atoms with Gasteiger partial charge in [-0.3, -0.25) is 4.55 Å². The molecular formula is CH8Cl4O3S. The predicted octanol–water partition coefficient (Wildman–Crippen LogP) is 1.19. The Morgan fingerprint density at radius 3 is 1.00 bits per heavy atom. The van der Waals surface area contributed by atoms with Crippen molar-refractivity contribution in [1.82, 2.24) is 0 Å². The summed E-state index contributed by atoms with van der Waals surface area (Å²) >= 11 is 0. The molecule has 0 heterocycles. The van der Waals surface area contributed by atoms with Gasteiger partial charge in [-0.2, -0.15) is 8.42 Å². The van der Waals surface area contributed by atoms with Crippen LogP contribution in [-0.2, 0) is 10.1 Å². The zero-order valence-electron chi connectivity index (χ0n) is 4.30. The van der Waals surface area contributed by atoms with E-state index in [-0.39, 0.29) is 49.6 Å². The molecule has 0 unspecified atom stereocenters. The smallest absolute Gasteiger partial charge is 0.261 e. The van der Waals surface area contributed by atoms with Crippen LogP contribution >= 0.6 is 49.6 Å². The predicted molar refractivity (Wildman–Crippen MR) is 46.5 cm³/mol. The van der Waals surface area contributed by atoms with Crippen LogP contribution in [0.2, 0.25) is 0 Å². The van der Waals surface area contributed by atoms with E-state index in [1.54, 1.807) is 0 Å². The minimum absolute atomic E-state index is 0. The molecule has 0 spiro atoms. The van der Waals surface area contributed by atoms with Crippen LogP contribution in [0.1, 0.15) is 0 Å². The standard InChI is InChI=1S/CH4O3S.4ClH/c1-5(2,3)4;;;;/h1H3,(H,2,3,4);4*1H. The van der Waals surface area contributed by atoms with Crippen LogP contribution in [0.3, 0.4) is 0 Å². The minimum atomic E-state index is -3.67. The fraction of sp³-hybridized carbons (Fsp3) is 1.00. The van der Waals surface area contributed by atoms with Crippen LogP contribution in [-0.4, -0.2) is 19.2 Å². The summed E-state index contributed by atoms with van der Waals surface area (Å²) in [4.78, 5) is 0. The molecule has 0 fully saturated rings. The Hall–Kier alpha value is 1.07. The topological polar surface area (TPSA) is 54.4 Å². The Morgan fingerprint density at radius 2 is 1.00 bits per heavy atom. The highest BCUT2D eigenvalue weighted by Crippen LogP contribution is 1.60. The van der Waals surface area contributed by atoms with Crippen LogP contribution in [0.5, 0.6) is 0 Å². The van der Waals surface area contributed by atoms with Gasteiger partial charge < -0.3 is 0 Å². The molecule has 0 saturated carbocycles. The Bertz CT molecular complexity index is 99.0. The van der Waals surface area contributed by atoms with Crippen molar-refractivity contribution in [2.45, 2.75) is 0 Å². The van der Waals surface area contributed by atoms with Gasteiger partial charge >= 0.3 is 0 Å². The number of hydrogen-bond donors (Lipinski definition) is 1. The maximum Gasteiger partial charge on any atom is 0.261 e. The Balaban J connectivity index is -0.0000000133. The van der Waals surface area contributed by atoms with E-state index >= 15 is 0 Å². The van der Waals surface area contributed by atoms with Gasteiger partial charge in [-0.1, -0.05) is 0 Å². The van der Waals surface area contributed by atoms with Gasteiger partial charge in [0.2, 0.25) is 0 Å². The van der Waals surface area contributed by atoms with Gasteiger partial charge in [0.15, 0.2) is 0 Å². The van der Waals surface area contributed by atoms with Gasteiger partial charge in [-0.15, -0.1) is 49.6 Å². The van der Waals surface area contributed by atoms with Crippen molar-refractivity contribution in [2.24, 2.45) is 0 Å². The van der Waals surface area contributed by atoms with Crippen LogP contribution in [0, 0.1) is 0 Å². The van der Waals surface area contributed by atoms with E-state index < -0.39 is 10.1 Å². The van der Waals surface area contributed by atoms with Crippen LogP contribution in [0.15, 0.2) is 0 Å². The molecule has 0 bridgehead atoms. The lowest BCUT2D eigenvalue weighted by molar-refractivity contribution is 0.490. The normalized spacial score (nSPS) is 6.44. The van der Waals surface area contributed by atoms with Gasteiger partial charge in [0, 0.05) is 0 Å². The quantitative estimate of drug-likeness (QED) is 0.649. The molecule has 0 rings (SSSR count). The van der Waals surface area contributed by atoms with Crippen molar-refractivity contribution < 1.29 is 13.0 Å². The highest BCUT2D eigenvalue weighted by Gasteiger charge is 1.81. The SMILES string of the molecule is CS(=O)(=O)O.Cl.Cl.Cl.Cl. The van der Waals surface area contributed by atoms with E-state index in [9.17, 15) is 8.42 Å². The number of halogens is 4. The molecule has 64 valence electrons. The molecule has 1 N–H and O–H groups in total. The first-order chi connectivity index (χ1) is 2.00. The molecule has 0 radical (unpaired) electrons. The summed E-state index contributed by atoms with van der Waals surface area (Å²) in [5.41, 5.74) is 0. The summed E-state index contributed by atoms with van der Waals surface area (Å²) in [6.07, 6.45) is 0.715. The van der Waals surface area contributed by atoms with Gasteiger partial charge in [0.1, 0.15) is 0 Å². The average molecular weight is 242 g/mol. The number of rotatable bonds is 0. The van der Waals surface area contributed by atoms with Crippen molar-refractivity contribution in [3.63, 3.8) is 0 Å². The molecule has 0 aliphatic carbocycles. The molecule has 8 heteroatoms. The monoisotopic (exact) mass is 240 g/mol. The zero-order chi connectivity index (χ0) is 4.50. The maximum atomic E-state index is 9.19. The minimum Gasteiger partial charge on any atom is -0.286 e. The molecule has 0 amide bonds. The van der Waals surface area contributed by atoms with Crippen molar-refractivity contribution in [2.75, 3.05) is 6.26 Å². The van der Waals surface area contributed by atoms with E-state index in [4.69, 9.17) is 4.55 Å². The van der Waals surface area contributed by atoms with Gasteiger partial charge in [0.25, 0.3) is 10.1 Å². The maximum absolute atomic E-state index is 9.19. The molecular weight excluding hydrogens is 234 g/mol. The summed E-state index contributed by atoms with van der Waals surface area (Å²) in [6.45, 7) is 0. The first-order valence-electron chi connectivity index (χ1n) is 0.924. The summed E-state index contributed by atoms with van der Waals surface area (Å²) in [5, 5.41) is 0. The third-order valence-corrected chi connectivity index (χ3v) is 0. The second-order valence-electron chi connectivity index (χ2n) is 0.733. The van der Waals surface area contributed by atoms with Crippen LogP contribution < -0.4 is 0 Å². The lowest BCUT2D eigenvalue weighted by atomic mass is 12.0. The molecule has 0 aromatic heterocycles. The largest absolute Gasteiger partial charge is 0.286 e. The van der Waals surface area contributed by atoms with E-state index in [0.717, 1.165) is 0 Å². The van der Waals surface area contributed by atoms with Crippen molar-refractivity contribution in [3.05, 3.63) is 0 Å². The fourth-order valence-corrected chi connectivity index (χ4v) is 0. The molecule has 0 aliphatic rings. The number of hydrogen-bond acceptors (Lipinski definition) is 2. The second kappa shape index (κ2) is 11.8. The first kappa shape index (κ1) is 32.2. The van der Waals surface area contributed by atoms with E-state index in [2.05, 4.69) is 0 Å². The van der Waals surface area contributed by atoms with Crippen molar-refractivity contribution in [3.8, 4) is 0 Å². The first-order valence-corrected chi connectivity index (χ1v) is 2.77. The Labute approximate surface area is 79.0 Å². The summed E-state index contributed by atoms with van der Waals surface area (Å²) in [5.74, 6) is 0. The molecule has 0 atom stereocenters. The van der Waals surface area contributed by atoms with Gasteiger partial charge in [-0.25, -0.2) is 0 Å². The summed E-state index contributed by atoms with van der Waals surface area (Å²) in [6, 6.07) is 0. The molecule has 0 aromatic rings. The lowest BCUT2D eigenvalue weighted by Crippen LogP contribution is -1.88. The summed E-state index contributed by atoms with van der Waals surface area (Å²) < 4.78 is 25.9. The average Bonchev–Trinajstić information content (AvgIpc) is 0.722. The summed E-state index contributed by atoms with van der Waals surface area (Å²) in [7, 11) is -3.67.